The molecule has 2 unspecified atom stereocenters. The lowest BCUT2D eigenvalue weighted by Crippen LogP contribution is -2.55. The number of aliphatic hydroxyl groups excluding tert-OH is 2. The first-order valence-corrected chi connectivity index (χ1v) is 15.0. The van der Waals surface area contributed by atoms with Crippen LogP contribution in [0.15, 0.2) is 24.3 Å². The monoisotopic (exact) mass is 624 g/mol. The topological polar surface area (TPSA) is 162 Å². The van der Waals surface area contributed by atoms with Crippen LogP contribution in [0.25, 0.3) is 0 Å². The highest BCUT2D eigenvalue weighted by Gasteiger charge is 2.57. The van der Waals surface area contributed by atoms with Crippen molar-refractivity contribution in [2.45, 2.75) is 91.5 Å². The molecule has 0 radical (unpaired) electrons. The predicted octanol–water partition coefficient (Wildman–Crippen LogP) is 2.88. The van der Waals surface area contributed by atoms with Crippen LogP contribution in [0.1, 0.15) is 61.1 Å². The van der Waals surface area contributed by atoms with Crippen molar-refractivity contribution in [1.82, 2.24) is 19.6 Å². The fourth-order valence-corrected chi connectivity index (χ4v) is 6.19. The molecule has 12 heteroatoms. The van der Waals surface area contributed by atoms with Crippen LogP contribution >= 0.6 is 0 Å². The standard InChI is InChI=1S/C33H44N4O8/c1-18-9-22(10-19(2)26(18)40)13-24(38)15-34-28(42)32(5,6)36(30(34)44)17-37-31(45)35(29(43)33(37,7)8)16-25(39)14-23-11-20(3)27(41)21(4)12-23/h9-12,24-25,38-41H,13-17H2,1-8H3. The van der Waals surface area contributed by atoms with E-state index in [2.05, 4.69) is 0 Å². The van der Waals surface area contributed by atoms with Gasteiger partial charge in [0.15, 0.2) is 0 Å². The molecule has 12 nitrogen and oxygen atoms in total. The van der Waals surface area contributed by atoms with Gasteiger partial charge in [0.1, 0.15) is 29.2 Å². The second-order valence-electron chi connectivity index (χ2n) is 13.4. The smallest absolute Gasteiger partial charge is 0.329 e. The Bertz CT molecular complexity index is 1390. The predicted molar refractivity (Wildman–Crippen MR) is 166 cm³/mol. The first-order chi connectivity index (χ1) is 20.8. The minimum absolute atomic E-state index is 0.145. The number of amides is 6. The highest BCUT2D eigenvalue weighted by molar-refractivity contribution is 6.08. The average Bonchev–Trinajstić information content (AvgIpc) is 3.19. The number of aliphatic hydroxyl groups is 2. The molecule has 2 aliphatic rings. The fourth-order valence-electron chi connectivity index (χ4n) is 6.19. The lowest BCUT2D eigenvalue weighted by molar-refractivity contribution is -0.134. The van der Waals surface area contributed by atoms with Gasteiger partial charge in [-0.05, 0) is 88.8 Å². The van der Waals surface area contributed by atoms with Gasteiger partial charge in [-0.2, -0.15) is 0 Å². The molecule has 0 bridgehead atoms. The summed E-state index contributed by atoms with van der Waals surface area (Å²) in [6.45, 7) is 12.3. The first kappa shape index (κ1) is 33.7. The van der Waals surface area contributed by atoms with Crippen LogP contribution in [0.3, 0.4) is 0 Å². The van der Waals surface area contributed by atoms with Gasteiger partial charge >= 0.3 is 12.1 Å². The molecule has 2 atom stereocenters. The number of β-amino-alcohol motifs (C(OH)–C–C–N with tert-alkyl or cyclic N) is 2. The number of phenolic OH excluding ortho intramolecular Hbond substituents is 2. The van der Waals surface area contributed by atoms with E-state index in [1.165, 1.54) is 9.80 Å². The molecule has 0 aliphatic carbocycles. The summed E-state index contributed by atoms with van der Waals surface area (Å²) in [5, 5.41) is 41.8. The summed E-state index contributed by atoms with van der Waals surface area (Å²) in [5.41, 5.74) is 1.34. The maximum Gasteiger partial charge on any atom is 0.329 e. The van der Waals surface area contributed by atoms with Gasteiger partial charge in [0.25, 0.3) is 11.8 Å². The molecule has 6 amide bonds. The molecule has 2 aromatic rings. The van der Waals surface area contributed by atoms with Crippen molar-refractivity contribution in [2.75, 3.05) is 19.8 Å². The number of hydrogen-bond acceptors (Lipinski definition) is 8. The SMILES string of the molecule is Cc1cc(CC(O)CN2C(=O)N(CN3C(=O)N(CC(O)Cc4cc(C)c(O)c(C)c4)C(=O)C3(C)C)C(C)(C)C2=O)cc(C)c1O. The van der Waals surface area contributed by atoms with E-state index in [9.17, 15) is 39.6 Å². The largest absolute Gasteiger partial charge is 0.507 e. The zero-order valence-corrected chi connectivity index (χ0v) is 27.2. The van der Waals surface area contributed by atoms with E-state index < -0.39 is 47.2 Å². The fraction of sp³-hybridized carbons (Fsp3) is 0.515. The number of rotatable bonds is 10. The molecule has 2 aliphatic heterocycles. The Labute approximate surface area is 263 Å². The number of benzene rings is 2. The molecular weight excluding hydrogens is 580 g/mol. The van der Waals surface area contributed by atoms with Crippen molar-refractivity contribution < 1.29 is 39.6 Å². The van der Waals surface area contributed by atoms with Gasteiger partial charge in [-0.15, -0.1) is 0 Å². The van der Waals surface area contributed by atoms with Crippen molar-refractivity contribution in [2.24, 2.45) is 0 Å². The molecule has 45 heavy (non-hydrogen) atoms. The van der Waals surface area contributed by atoms with Crippen LogP contribution in [0.2, 0.25) is 0 Å². The number of urea groups is 2. The van der Waals surface area contributed by atoms with Gasteiger partial charge < -0.3 is 20.4 Å². The van der Waals surface area contributed by atoms with Gasteiger partial charge in [0.05, 0.1) is 25.3 Å². The number of hydrogen-bond donors (Lipinski definition) is 4. The lowest BCUT2D eigenvalue weighted by Gasteiger charge is -2.36. The van der Waals surface area contributed by atoms with Crippen LogP contribution in [-0.2, 0) is 22.4 Å². The van der Waals surface area contributed by atoms with E-state index >= 15 is 0 Å². The molecule has 0 spiro atoms. The highest BCUT2D eigenvalue weighted by Crippen LogP contribution is 2.34. The molecule has 0 aromatic heterocycles. The van der Waals surface area contributed by atoms with Crippen LogP contribution < -0.4 is 0 Å². The Morgan fingerprint density at radius 3 is 1.18 bits per heavy atom. The van der Waals surface area contributed by atoms with Gasteiger partial charge in [-0.1, -0.05) is 24.3 Å². The van der Waals surface area contributed by atoms with E-state index in [1.807, 2.05) is 0 Å². The Morgan fingerprint density at radius 2 is 0.889 bits per heavy atom. The third kappa shape index (κ3) is 6.21. The van der Waals surface area contributed by atoms with Crippen LogP contribution in [-0.4, -0.2) is 107 Å². The average molecular weight is 625 g/mol. The number of carbonyl (C=O) groups excluding carboxylic acids is 4. The highest BCUT2D eigenvalue weighted by atomic mass is 16.3. The Kier molecular flexibility index (Phi) is 8.98. The van der Waals surface area contributed by atoms with Gasteiger partial charge in [0, 0.05) is 12.8 Å². The number of nitrogens with zero attached hydrogens (tertiary/aromatic N) is 4. The molecule has 2 saturated heterocycles. The number of imide groups is 2. The van der Waals surface area contributed by atoms with Crippen molar-refractivity contribution in [3.63, 3.8) is 0 Å². The van der Waals surface area contributed by atoms with Crippen molar-refractivity contribution in [3.8, 4) is 11.5 Å². The molecule has 2 fully saturated rings. The second kappa shape index (κ2) is 12.0. The minimum atomic E-state index is -1.37. The molecule has 2 aromatic carbocycles. The van der Waals surface area contributed by atoms with Crippen molar-refractivity contribution in [1.29, 1.82) is 0 Å². The van der Waals surface area contributed by atoms with Crippen LogP contribution in [0, 0.1) is 27.7 Å². The lowest BCUT2D eigenvalue weighted by atomic mass is 10.0. The van der Waals surface area contributed by atoms with Gasteiger partial charge in [-0.25, -0.2) is 9.59 Å². The Balaban J connectivity index is 1.47. The zero-order valence-electron chi connectivity index (χ0n) is 27.2. The Hall–Kier alpha value is -4.16. The maximum atomic E-state index is 13.6. The van der Waals surface area contributed by atoms with Crippen LogP contribution in [0.4, 0.5) is 9.59 Å². The van der Waals surface area contributed by atoms with Crippen molar-refractivity contribution in [3.05, 3.63) is 57.6 Å². The van der Waals surface area contributed by atoms with Gasteiger partial charge in [0.2, 0.25) is 0 Å². The summed E-state index contributed by atoms with van der Waals surface area (Å²) in [6.07, 6.45) is -1.87. The third-order valence-corrected chi connectivity index (χ3v) is 8.92. The third-order valence-electron chi connectivity index (χ3n) is 8.92. The molecule has 0 saturated carbocycles. The summed E-state index contributed by atoms with van der Waals surface area (Å²) in [4.78, 5) is 58.4. The number of aromatic hydroxyl groups is 2. The summed E-state index contributed by atoms with van der Waals surface area (Å²) < 4.78 is 0. The van der Waals surface area contributed by atoms with E-state index in [1.54, 1.807) is 79.7 Å². The second-order valence-corrected chi connectivity index (χ2v) is 13.4. The van der Waals surface area contributed by atoms with Gasteiger partial charge in [-0.3, -0.25) is 29.2 Å². The van der Waals surface area contributed by atoms with Crippen molar-refractivity contribution >= 4 is 23.9 Å². The molecule has 4 N–H and O–H groups in total. The van der Waals surface area contributed by atoms with E-state index in [0.29, 0.717) is 22.3 Å². The minimum Gasteiger partial charge on any atom is -0.507 e. The number of aryl methyl sites for hydroxylation is 4. The number of carbonyl (C=O) groups is 4. The number of phenols is 2. The van der Waals surface area contributed by atoms with Crippen LogP contribution in [0.5, 0.6) is 11.5 Å². The quantitative estimate of drug-likeness (QED) is 0.294. The molecule has 4 rings (SSSR count). The molecular formula is C33H44N4O8. The Morgan fingerprint density at radius 1 is 0.600 bits per heavy atom. The maximum absolute atomic E-state index is 13.6. The summed E-state index contributed by atoms with van der Waals surface area (Å²) in [7, 11) is 0. The summed E-state index contributed by atoms with van der Waals surface area (Å²) in [5.74, 6) is -0.757. The van der Waals surface area contributed by atoms with E-state index in [-0.39, 0.29) is 44.1 Å². The first-order valence-electron chi connectivity index (χ1n) is 15.0. The molecule has 2 heterocycles. The zero-order chi connectivity index (χ0) is 33.8. The van der Waals surface area contributed by atoms with E-state index in [4.69, 9.17) is 0 Å². The normalized spacial score (nSPS) is 19.2. The summed E-state index contributed by atoms with van der Waals surface area (Å²) in [6, 6.07) is 5.56. The van der Waals surface area contributed by atoms with E-state index in [0.717, 1.165) is 20.9 Å². The molecule has 244 valence electrons. The summed E-state index contributed by atoms with van der Waals surface area (Å²) >= 11 is 0.